The van der Waals surface area contributed by atoms with Crippen molar-refractivity contribution in [3.8, 4) is 0 Å². The molecule has 19 heavy (non-hydrogen) atoms. The summed E-state index contributed by atoms with van der Waals surface area (Å²) in [5.41, 5.74) is 2.79. The molecule has 0 aliphatic rings. The second kappa shape index (κ2) is 5.72. The largest absolute Gasteiger partial charge is 0.305 e. The van der Waals surface area contributed by atoms with E-state index >= 15 is 0 Å². The Kier molecular flexibility index (Phi) is 4.22. The second-order valence-corrected chi connectivity index (χ2v) is 4.90. The average molecular weight is 282 g/mol. The molecule has 0 bridgehead atoms. The highest BCUT2D eigenvalue weighted by molar-refractivity contribution is 6.31. The summed E-state index contributed by atoms with van der Waals surface area (Å²) < 4.78 is 15.0. The van der Waals surface area contributed by atoms with Crippen LogP contribution in [0.15, 0.2) is 24.4 Å². The molecule has 0 saturated heterocycles. The molecule has 0 amide bonds. The first kappa shape index (κ1) is 14.0. The zero-order valence-corrected chi connectivity index (χ0v) is 12.0. The minimum Gasteiger partial charge on any atom is -0.305 e. The molecule has 0 spiro atoms. The molecule has 1 aromatic carbocycles. The molecule has 0 aliphatic carbocycles. The molecule has 102 valence electrons. The lowest BCUT2D eigenvalue weighted by Crippen LogP contribution is -2.25. The van der Waals surface area contributed by atoms with Crippen LogP contribution in [0.4, 0.5) is 4.39 Å². The van der Waals surface area contributed by atoms with Crippen LogP contribution < -0.4 is 5.32 Å². The van der Waals surface area contributed by atoms with Crippen molar-refractivity contribution in [3.05, 3.63) is 52.1 Å². The molecule has 0 aliphatic heterocycles. The zero-order valence-electron chi connectivity index (χ0n) is 11.2. The van der Waals surface area contributed by atoms with Gasteiger partial charge in [0.25, 0.3) is 0 Å². The lowest BCUT2D eigenvalue weighted by atomic mass is 9.98. The second-order valence-electron chi connectivity index (χ2n) is 4.49. The van der Waals surface area contributed by atoms with Gasteiger partial charge in [-0.3, -0.25) is 4.68 Å². The maximum atomic E-state index is 13.2. The van der Waals surface area contributed by atoms with Gasteiger partial charge in [0.2, 0.25) is 0 Å². The normalized spacial score (nSPS) is 12.7. The van der Waals surface area contributed by atoms with Crippen molar-refractivity contribution in [1.82, 2.24) is 15.1 Å². The van der Waals surface area contributed by atoms with Gasteiger partial charge in [0.1, 0.15) is 5.82 Å². The number of hydrogen-bond donors (Lipinski definition) is 1. The lowest BCUT2D eigenvalue weighted by molar-refractivity contribution is 0.567. The third kappa shape index (κ3) is 2.80. The number of aromatic nitrogens is 2. The number of nitrogens with zero attached hydrogens (tertiary/aromatic N) is 2. The van der Waals surface area contributed by atoms with E-state index in [1.54, 1.807) is 16.9 Å². The maximum absolute atomic E-state index is 13.2. The van der Waals surface area contributed by atoms with Crippen molar-refractivity contribution in [3.63, 3.8) is 0 Å². The van der Waals surface area contributed by atoms with Gasteiger partial charge in [0.05, 0.1) is 23.0 Å². The Bertz CT molecular complexity index is 561. The molecule has 0 saturated carbocycles. The molecular formula is C14H17ClFN3. The van der Waals surface area contributed by atoms with E-state index in [0.29, 0.717) is 5.02 Å². The standard InChI is InChI=1S/C14H17ClFN3/c1-4-17-13(14-12(15)8-18-19(14)3)11-6-5-10(16)7-9(11)2/h5-8,13,17H,4H2,1-3H3. The number of hydrogen-bond acceptors (Lipinski definition) is 2. The molecule has 1 N–H and O–H groups in total. The number of halogens is 2. The Balaban J connectivity index is 2.51. The number of nitrogens with one attached hydrogen (secondary N) is 1. The highest BCUT2D eigenvalue weighted by Crippen LogP contribution is 2.29. The smallest absolute Gasteiger partial charge is 0.123 e. The fourth-order valence-corrected chi connectivity index (χ4v) is 2.54. The fourth-order valence-electron chi connectivity index (χ4n) is 2.27. The minimum absolute atomic E-state index is 0.0920. The van der Waals surface area contributed by atoms with E-state index in [9.17, 15) is 4.39 Å². The van der Waals surface area contributed by atoms with Crippen LogP contribution in [0.3, 0.4) is 0 Å². The molecule has 3 nitrogen and oxygen atoms in total. The van der Waals surface area contributed by atoms with Crippen LogP contribution in [0, 0.1) is 12.7 Å². The van der Waals surface area contributed by atoms with Gasteiger partial charge in [0.15, 0.2) is 0 Å². The summed E-state index contributed by atoms with van der Waals surface area (Å²) in [6.45, 7) is 4.70. The Morgan fingerprint density at radius 1 is 1.47 bits per heavy atom. The van der Waals surface area contributed by atoms with E-state index in [4.69, 9.17) is 11.6 Å². The molecule has 0 fully saturated rings. The predicted octanol–water partition coefficient (Wildman–Crippen LogP) is 3.22. The first-order valence-corrected chi connectivity index (χ1v) is 6.59. The van der Waals surface area contributed by atoms with Crippen LogP contribution in [0.25, 0.3) is 0 Å². The number of aryl methyl sites for hydroxylation is 2. The van der Waals surface area contributed by atoms with Gasteiger partial charge in [0, 0.05) is 7.05 Å². The zero-order chi connectivity index (χ0) is 14.0. The van der Waals surface area contributed by atoms with Gasteiger partial charge in [-0.1, -0.05) is 24.6 Å². The summed E-state index contributed by atoms with van der Waals surface area (Å²) >= 11 is 6.21. The van der Waals surface area contributed by atoms with Crippen molar-refractivity contribution >= 4 is 11.6 Å². The van der Waals surface area contributed by atoms with Crippen LogP contribution in [0.5, 0.6) is 0 Å². The quantitative estimate of drug-likeness (QED) is 0.932. The maximum Gasteiger partial charge on any atom is 0.123 e. The molecular weight excluding hydrogens is 265 g/mol. The van der Waals surface area contributed by atoms with Gasteiger partial charge in [-0.15, -0.1) is 0 Å². The average Bonchev–Trinajstić information content (AvgIpc) is 2.67. The van der Waals surface area contributed by atoms with E-state index < -0.39 is 0 Å². The van der Waals surface area contributed by atoms with E-state index in [1.807, 2.05) is 20.9 Å². The molecule has 1 heterocycles. The highest BCUT2D eigenvalue weighted by Gasteiger charge is 2.21. The molecule has 1 aromatic heterocycles. The third-order valence-electron chi connectivity index (χ3n) is 3.16. The minimum atomic E-state index is -0.229. The van der Waals surface area contributed by atoms with E-state index in [0.717, 1.165) is 23.4 Å². The molecule has 0 radical (unpaired) electrons. The van der Waals surface area contributed by atoms with Crippen molar-refractivity contribution in [2.75, 3.05) is 6.54 Å². The molecule has 5 heteroatoms. The Morgan fingerprint density at radius 2 is 2.21 bits per heavy atom. The molecule has 2 rings (SSSR count). The lowest BCUT2D eigenvalue weighted by Gasteiger charge is -2.21. The van der Waals surface area contributed by atoms with Crippen molar-refractivity contribution in [2.24, 2.45) is 7.05 Å². The Hall–Kier alpha value is -1.39. The van der Waals surface area contributed by atoms with Crippen molar-refractivity contribution in [2.45, 2.75) is 19.9 Å². The number of benzene rings is 1. The first-order chi connectivity index (χ1) is 9.04. The molecule has 2 aromatic rings. The Morgan fingerprint density at radius 3 is 2.74 bits per heavy atom. The topological polar surface area (TPSA) is 29.9 Å². The molecule has 1 unspecified atom stereocenters. The summed E-state index contributed by atoms with van der Waals surface area (Å²) in [6, 6.07) is 4.70. The van der Waals surface area contributed by atoms with Crippen LogP contribution in [-0.2, 0) is 7.05 Å². The van der Waals surface area contributed by atoms with Gasteiger partial charge < -0.3 is 5.32 Å². The van der Waals surface area contributed by atoms with Crippen LogP contribution in [-0.4, -0.2) is 16.3 Å². The Labute approximate surface area is 117 Å². The first-order valence-electron chi connectivity index (χ1n) is 6.21. The summed E-state index contributed by atoms with van der Waals surface area (Å²) in [5, 5.41) is 8.15. The fraction of sp³-hybridized carbons (Fsp3) is 0.357. The van der Waals surface area contributed by atoms with Gasteiger partial charge in [-0.25, -0.2) is 4.39 Å². The van der Waals surface area contributed by atoms with E-state index in [-0.39, 0.29) is 11.9 Å². The van der Waals surface area contributed by atoms with Crippen molar-refractivity contribution in [1.29, 1.82) is 0 Å². The van der Waals surface area contributed by atoms with Crippen LogP contribution >= 0.6 is 11.6 Å². The van der Waals surface area contributed by atoms with Crippen molar-refractivity contribution < 1.29 is 4.39 Å². The van der Waals surface area contributed by atoms with Gasteiger partial charge >= 0.3 is 0 Å². The molecule has 1 atom stereocenters. The summed E-state index contributed by atoms with van der Waals surface area (Å²) in [7, 11) is 1.85. The summed E-state index contributed by atoms with van der Waals surface area (Å²) in [6.07, 6.45) is 1.63. The van der Waals surface area contributed by atoms with Crippen LogP contribution in [0.2, 0.25) is 5.02 Å². The monoisotopic (exact) mass is 281 g/mol. The summed E-state index contributed by atoms with van der Waals surface area (Å²) in [5.74, 6) is -0.229. The predicted molar refractivity (Wildman–Crippen MR) is 74.9 cm³/mol. The highest BCUT2D eigenvalue weighted by atomic mass is 35.5. The van der Waals surface area contributed by atoms with Crippen LogP contribution in [0.1, 0.15) is 29.8 Å². The third-order valence-corrected chi connectivity index (χ3v) is 3.45. The number of rotatable bonds is 4. The van der Waals surface area contributed by atoms with E-state index in [1.165, 1.54) is 12.1 Å². The van der Waals surface area contributed by atoms with E-state index in [2.05, 4.69) is 10.4 Å². The summed E-state index contributed by atoms with van der Waals surface area (Å²) in [4.78, 5) is 0. The van der Waals surface area contributed by atoms with Gasteiger partial charge in [-0.2, -0.15) is 5.10 Å². The van der Waals surface area contributed by atoms with Gasteiger partial charge in [-0.05, 0) is 36.7 Å². The SMILES string of the molecule is CCNC(c1ccc(F)cc1C)c1c(Cl)cnn1C.